The predicted octanol–water partition coefficient (Wildman–Crippen LogP) is 2.01. The van der Waals surface area contributed by atoms with Crippen molar-refractivity contribution in [3.8, 4) is 11.5 Å². The first kappa shape index (κ1) is 27.8. The van der Waals surface area contributed by atoms with Crippen LogP contribution in [0.4, 0.5) is 8.78 Å². The number of methoxy groups -OCH3 is 1. The molecule has 0 aliphatic carbocycles. The Morgan fingerprint density at radius 3 is 2.64 bits per heavy atom. The summed E-state index contributed by atoms with van der Waals surface area (Å²) in [6.45, 7) is 2.53. The molecule has 0 radical (unpaired) electrons. The number of amides is 1. The van der Waals surface area contributed by atoms with Crippen molar-refractivity contribution in [1.29, 1.82) is 0 Å². The van der Waals surface area contributed by atoms with Crippen LogP contribution in [0.1, 0.15) is 5.56 Å². The first-order chi connectivity index (χ1) is 17.2. The van der Waals surface area contributed by atoms with E-state index in [1.165, 1.54) is 18.1 Å². The fraction of sp³-hybridized carbons (Fsp3) is 0.500. The quantitative estimate of drug-likeness (QED) is 0.499. The maximum absolute atomic E-state index is 14.1. The second-order valence-corrected chi connectivity index (χ2v) is 9.35. The lowest BCUT2D eigenvalue weighted by atomic mass is 10.0. The molecule has 8 nitrogen and oxygen atoms in total. The van der Waals surface area contributed by atoms with Gasteiger partial charge in [0.1, 0.15) is 37.0 Å². The SMILES string of the molecule is COCC(=O)N1CCN(Cc2cccc(OCCN(C)C)c2)CC(O)(COc2ccc(F)cc2F)C1. The van der Waals surface area contributed by atoms with E-state index < -0.39 is 17.2 Å². The van der Waals surface area contributed by atoms with Crippen molar-refractivity contribution in [2.45, 2.75) is 12.1 Å². The van der Waals surface area contributed by atoms with Gasteiger partial charge in [0, 0.05) is 45.9 Å². The Labute approximate surface area is 210 Å². The number of halogens is 2. The van der Waals surface area contributed by atoms with E-state index in [1.807, 2.05) is 48.2 Å². The topological polar surface area (TPSA) is 74.7 Å². The maximum Gasteiger partial charge on any atom is 0.248 e. The van der Waals surface area contributed by atoms with Gasteiger partial charge >= 0.3 is 0 Å². The standard InChI is InChI=1S/C26H35F2N3O5/c1-29(2)11-12-35-22-6-4-5-20(13-22)15-30-9-10-31(25(32)16-34-3)18-26(33,17-30)19-36-24-8-7-21(27)14-23(24)28/h4-8,13-14,33H,9-12,15-19H2,1-3H3. The molecule has 1 fully saturated rings. The zero-order valence-electron chi connectivity index (χ0n) is 21.1. The van der Waals surface area contributed by atoms with Crippen molar-refractivity contribution >= 4 is 5.91 Å². The number of aliphatic hydroxyl groups is 1. The van der Waals surface area contributed by atoms with E-state index in [-0.39, 0.29) is 38.0 Å². The molecule has 198 valence electrons. The molecule has 10 heteroatoms. The first-order valence-corrected chi connectivity index (χ1v) is 11.8. The molecular weight excluding hydrogens is 472 g/mol. The number of nitrogens with zero attached hydrogens (tertiary/aromatic N) is 3. The van der Waals surface area contributed by atoms with Crippen LogP contribution in [0.25, 0.3) is 0 Å². The van der Waals surface area contributed by atoms with Crippen LogP contribution in [-0.4, -0.2) is 105 Å². The van der Waals surface area contributed by atoms with E-state index in [4.69, 9.17) is 14.2 Å². The highest BCUT2D eigenvalue weighted by atomic mass is 19.1. The number of carbonyl (C=O) groups is 1. The van der Waals surface area contributed by atoms with Crippen LogP contribution >= 0.6 is 0 Å². The van der Waals surface area contributed by atoms with Crippen LogP contribution in [0, 0.1) is 11.6 Å². The molecule has 2 aromatic carbocycles. The molecule has 0 saturated carbocycles. The number of likely N-dealkylation sites (N-methyl/N-ethyl adjacent to an activating group) is 1. The van der Waals surface area contributed by atoms with E-state index in [0.29, 0.717) is 26.2 Å². The number of ether oxygens (including phenoxy) is 3. The van der Waals surface area contributed by atoms with E-state index in [0.717, 1.165) is 30.0 Å². The predicted molar refractivity (Wildman–Crippen MR) is 131 cm³/mol. The summed E-state index contributed by atoms with van der Waals surface area (Å²) in [6.07, 6.45) is 0. The third-order valence-electron chi connectivity index (χ3n) is 5.81. The summed E-state index contributed by atoms with van der Waals surface area (Å²) in [5.41, 5.74) is -0.512. The molecule has 1 amide bonds. The summed E-state index contributed by atoms with van der Waals surface area (Å²) in [7, 11) is 5.40. The summed E-state index contributed by atoms with van der Waals surface area (Å²) in [5.74, 6) is -1.25. The number of hydrogen-bond acceptors (Lipinski definition) is 7. The highest BCUT2D eigenvalue weighted by Crippen LogP contribution is 2.23. The molecule has 36 heavy (non-hydrogen) atoms. The van der Waals surface area contributed by atoms with E-state index in [2.05, 4.69) is 0 Å². The van der Waals surface area contributed by atoms with Crippen LogP contribution in [0.15, 0.2) is 42.5 Å². The van der Waals surface area contributed by atoms with Crippen LogP contribution in [0.5, 0.6) is 11.5 Å². The molecule has 0 spiro atoms. The zero-order valence-corrected chi connectivity index (χ0v) is 21.1. The number of carbonyl (C=O) groups excluding carboxylic acids is 1. The molecular formula is C26H35F2N3O5. The van der Waals surface area contributed by atoms with Crippen molar-refractivity contribution in [1.82, 2.24) is 14.7 Å². The van der Waals surface area contributed by atoms with Gasteiger partial charge in [-0.2, -0.15) is 0 Å². The Balaban J connectivity index is 1.73. The normalized spacial score (nSPS) is 18.8. The molecule has 1 aliphatic rings. The molecule has 1 saturated heterocycles. The average molecular weight is 508 g/mol. The largest absolute Gasteiger partial charge is 0.492 e. The molecule has 0 bridgehead atoms. The van der Waals surface area contributed by atoms with Crippen LogP contribution in [0.3, 0.4) is 0 Å². The molecule has 0 aromatic heterocycles. The van der Waals surface area contributed by atoms with E-state index in [1.54, 1.807) is 0 Å². The molecule has 1 aliphatic heterocycles. The molecule has 3 rings (SSSR count). The first-order valence-electron chi connectivity index (χ1n) is 11.8. The Bertz CT molecular complexity index is 1010. The lowest BCUT2D eigenvalue weighted by molar-refractivity contribution is -0.138. The third-order valence-corrected chi connectivity index (χ3v) is 5.81. The minimum Gasteiger partial charge on any atom is -0.492 e. The van der Waals surface area contributed by atoms with Gasteiger partial charge < -0.3 is 29.1 Å². The number of rotatable bonds is 11. The number of benzene rings is 2. The summed E-state index contributed by atoms with van der Waals surface area (Å²) in [6, 6.07) is 10.7. The van der Waals surface area contributed by atoms with Gasteiger partial charge in [0.25, 0.3) is 0 Å². The molecule has 1 heterocycles. The van der Waals surface area contributed by atoms with Gasteiger partial charge in [-0.3, -0.25) is 9.69 Å². The van der Waals surface area contributed by atoms with Gasteiger partial charge in [-0.25, -0.2) is 8.78 Å². The lowest BCUT2D eigenvalue weighted by Crippen LogP contribution is -2.52. The summed E-state index contributed by atoms with van der Waals surface area (Å²) in [4.78, 5) is 18.2. The molecule has 1 unspecified atom stereocenters. The van der Waals surface area contributed by atoms with Gasteiger partial charge in [-0.15, -0.1) is 0 Å². The minimum absolute atomic E-state index is 0.0117. The maximum atomic E-state index is 14.1. The highest BCUT2D eigenvalue weighted by molar-refractivity contribution is 5.77. The molecule has 2 aromatic rings. The summed E-state index contributed by atoms with van der Waals surface area (Å²) in [5, 5.41) is 11.5. The lowest BCUT2D eigenvalue weighted by Gasteiger charge is -2.33. The molecule has 1 N–H and O–H groups in total. The Morgan fingerprint density at radius 1 is 1.11 bits per heavy atom. The van der Waals surface area contributed by atoms with Crippen LogP contribution in [-0.2, 0) is 16.1 Å². The second-order valence-electron chi connectivity index (χ2n) is 9.35. The van der Waals surface area contributed by atoms with Crippen molar-refractivity contribution in [3.05, 3.63) is 59.7 Å². The van der Waals surface area contributed by atoms with Crippen LogP contribution in [0.2, 0.25) is 0 Å². The monoisotopic (exact) mass is 507 g/mol. The van der Waals surface area contributed by atoms with Gasteiger partial charge in [0.2, 0.25) is 5.91 Å². The third kappa shape index (κ3) is 8.41. The fourth-order valence-corrected chi connectivity index (χ4v) is 4.04. The fourth-order valence-electron chi connectivity index (χ4n) is 4.04. The van der Waals surface area contributed by atoms with Crippen molar-refractivity contribution in [3.63, 3.8) is 0 Å². The number of β-amino-alcohol motifs (C(OH)–C–C–N with tert-alkyl or cyclic N) is 1. The Morgan fingerprint density at radius 2 is 1.92 bits per heavy atom. The van der Waals surface area contributed by atoms with E-state index >= 15 is 0 Å². The van der Waals surface area contributed by atoms with Crippen molar-refractivity contribution in [2.24, 2.45) is 0 Å². The highest BCUT2D eigenvalue weighted by Gasteiger charge is 2.37. The Kier molecular flexibility index (Phi) is 10.0. The summed E-state index contributed by atoms with van der Waals surface area (Å²) >= 11 is 0. The van der Waals surface area contributed by atoms with Crippen molar-refractivity contribution < 1.29 is 32.9 Å². The summed E-state index contributed by atoms with van der Waals surface area (Å²) < 4.78 is 43.7. The van der Waals surface area contributed by atoms with Gasteiger partial charge in [0.05, 0.1) is 6.54 Å². The zero-order chi connectivity index (χ0) is 26.1. The van der Waals surface area contributed by atoms with Gasteiger partial charge in [-0.05, 0) is 43.9 Å². The van der Waals surface area contributed by atoms with Gasteiger partial charge in [0.15, 0.2) is 11.6 Å². The smallest absolute Gasteiger partial charge is 0.248 e. The average Bonchev–Trinajstić information content (AvgIpc) is 2.97. The minimum atomic E-state index is -1.50. The van der Waals surface area contributed by atoms with Crippen LogP contribution < -0.4 is 9.47 Å². The van der Waals surface area contributed by atoms with E-state index in [9.17, 15) is 18.7 Å². The second kappa shape index (κ2) is 13.0. The molecule has 1 atom stereocenters. The number of hydrogen-bond donors (Lipinski definition) is 1. The van der Waals surface area contributed by atoms with Gasteiger partial charge in [-0.1, -0.05) is 12.1 Å². The Hall–Kier alpha value is -2.79. The van der Waals surface area contributed by atoms with Crippen molar-refractivity contribution in [2.75, 3.05) is 73.7 Å².